The van der Waals surface area contributed by atoms with Crippen LogP contribution in [0.2, 0.25) is 0 Å². The Labute approximate surface area is 383 Å². The molecule has 18 heteroatoms. The smallest absolute Gasteiger partial charge is 0.380 e. The number of hydrogen-bond acceptors (Lipinski definition) is 14. The number of ketones is 3. The minimum absolute atomic E-state index is 0.0106. The largest absolute Gasteiger partial charge is 0.475 e. The molecule has 0 radical (unpaired) electrons. The second-order valence-electron chi connectivity index (χ2n) is 18.0. The van der Waals surface area contributed by atoms with Gasteiger partial charge < -0.3 is 20.5 Å². The number of carbonyl (C=O) groups excluding carboxylic acids is 5. The predicted octanol–water partition coefficient (Wildman–Crippen LogP) is 4.84. The molecule has 6 atom stereocenters. The van der Waals surface area contributed by atoms with Gasteiger partial charge in [-0.05, 0) is 62.0 Å². The van der Waals surface area contributed by atoms with Crippen LogP contribution >= 0.6 is 7.82 Å². The van der Waals surface area contributed by atoms with Gasteiger partial charge in [-0.15, -0.1) is 5.10 Å². The number of ether oxygens (including phenoxy) is 1. The molecule has 65 heavy (non-hydrogen) atoms. The molecule has 0 bridgehead atoms. The number of nitrogens with zero attached hydrogens (tertiary/aromatic N) is 4. The van der Waals surface area contributed by atoms with Crippen molar-refractivity contribution in [3.8, 4) is 0 Å². The maximum Gasteiger partial charge on any atom is 0.475 e. The summed E-state index contributed by atoms with van der Waals surface area (Å²) in [4.78, 5) is 72.6. The third-order valence-electron chi connectivity index (χ3n) is 11.1. The van der Waals surface area contributed by atoms with E-state index in [9.17, 15) is 33.6 Å². The van der Waals surface area contributed by atoms with Gasteiger partial charge in [-0.3, -0.25) is 47.1 Å². The number of rotatable bonds is 29. The van der Waals surface area contributed by atoms with Gasteiger partial charge in [0.1, 0.15) is 23.7 Å². The van der Waals surface area contributed by atoms with E-state index in [0.717, 1.165) is 18.2 Å². The van der Waals surface area contributed by atoms with E-state index in [2.05, 4.69) is 20.9 Å². The fourth-order valence-electron chi connectivity index (χ4n) is 7.63. The zero-order valence-corrected chi connectivity index (χ0v) is 39.9. The number of aryl methyl sites for hydroxylation is 2. The minimum atomic E-state index is -4.29. The van der Waals surface area contributed by atoms with Gasteiger partial charge in [0.2, 0.25) is 11.8 Å². The Morgan fingerprint density at radius 1 is 0.846 bits per heavy atom. The lowest BCUT2D eigenvalue weighted by atomic mass is 9.86. The number of aromatic nitrogens is 3. The van der Waals surface area contributed by atoms with E-state index in [1.54, 1.807) is 13.2 Å². The van der Waals surface area contributed by atoms with Crippen molar-refractivity contribution in [2.24, 2.45) is 30.7 Å². The zero-order valence-electron chi connectivity index (χ0n) is 39.0. The summed E-state index contributed by atoms with van der Waals surface area (Å²) in [5.41, 5.74) is -0.132. The van der Waals surface area contributed by atoms with Gasteiger partial charge >= 0.3 is 7.82 Å². The highest BCUT2D eigenvalue weighted by Gasteiger charge is 2.41. The van der Waals surface area contributed by atoms with Gasteiger partial charge in [0.05, 0.1) is 44.6 Å². The summed E-state index contributed by atoms with van der Waals surface area (Å²) in [6.07, 6.45) is 2.79. The van der Waals surface area contributed by atoms with Crippen molar-refractivity contribution in [2.45, 2.75) is 104 Å². The summed E-state index contributed by atoms with van der Waals surface area (Å²) in [7, 11) is -1.54. The molecular weight excluding hydrogens is 856 g/mol. The molecule has 1 saturated heterocycles. The lowest BCUT2D eigenvalue weighted by Crippen LogP contribution is -2.54. The summed E-state index contributed by atoms with van der Waals surface area (Å²) < 4.78 is 35.9. The molecule has 1 fully saturated rings. The summed E-state index contributed by atoms with van der Waals surface area (Å²) in [5.74, 6) is -4.06. The SMILES string of the molecule is COP(=O)(OCc1cn(C)nn1)OC[C@@](C)(O)C(=O)[C@H](CC(C)C)NC(=O)[C@@H](CC(=O)[C@H](CC(C)C)NC(=O)[C@H](CCc1ccccc1)CC(=O)CN1CCOCC1)Cc1ccccc1. The highest BCUT2D eigenvalue weighted by molar-refractivity contribution is 7.48. The Hall–Kier alpha value is -4.48. The van der Waals surface area contributed by atoms with Gasteiger partial charge in [0, 0.05) is 51.9 Å². The van der Waals surface area contributed by atoms with Crippen LogP contribution in [0, 0.1) is 23.7 Å². The number of aliphatic hydroxyl groups is 1. The topological polar surface area (TPSA) is 218 Å². The van der Waals surface area contributed by atoms with Crippen LogP contribution in [-0.2, 0) is 73.3 Å². The van der Waals surface area contributed by atoms with Crippen LogP contribution in [0.15, 0.2) is 66.9 Å². The standard InChI is InChI=1S/C47H69N6O11P/c1-33(2)24-41(48-45(57)37(19-18-35-14-10-8-11-15-35)27-40(54)30-53-20-22-62-23-21-53)43(55)28-38(26-36-16-12-9-13-17-36)46(58)49-42(25-34(3)4)44(56)47(5,59)32-64-65(60,61-7)63-31-39-29-52(6)51-50-39/h8-17,29,33-34,37-38,41-42,59H,18-28,30-32H2,1-7H3,(H,48,57)(H,49,58)/t37-,38-,41+,42+,47-,65?/m1/s1. The Balaban J connectivity index is 1.52. The molecule has 2 heterocycles. The van der Waals surface area contributed by atoms with Crippen molar-refractivity contribution in [3.05, 3.63) is 83.7 Å². The zero-order chi connectivity index (χ0) is 47.6. The average molecular weight is 925 g/mol. The third kappa shape index (κ3) is 18.4. The molecule has 0 aliphatic carbocycles. The van der Waals surface area contributed by atoms with Crippen LogP contribution in [0.25, 0.3) is 0 Å². The van der Waals surface area contributed by atoms with Gasteiger partial charge in [-0.1, -0.05) is 93.6 Å². The molecular formula is C47H69N6O11P. The number of carbonyl (C=O) groups is 5. The fraction of sp³-hybridized carbons (Fsp3) is 0.596. The van der Waals surface area contributed by atoms with Crippen LogP contribution < -0.4 is 10.6 Å². The van der Waals surface area contributed by atoms with Crippen molar-refractivity contribution < 1.29 is 52.0 Å². The number of amides is 2. The molecule has 0 saturated carbocycles. The third-order valence-corrected chi connectivity index (χ3v) is 12.5. The van der Waals surface area contributed by atoms with Crippen molar-refractivity contribution in [1.29, 1.82) is 0 Å². The van der Waals surface area contributed by atoms with Crippen molar-refractivity contribution >= 4 is 37.0 Å². The monoisotopic (exact) mass is 924 g/mol. The number of phosphoric acid groups is 1. The second kappa shape index (κ2) is 26.0. The quantitative estimate of drug-likeness (QED) is 0.0795. The molecule has 0 spiro atoms. The van der Waals surface area contributed by atoms with E-state index in [1.165, 1.54) is 11.6 Å². The Kier molecular flexibility index (Phi) is 21.3. The summed E-state index contributed by atoms with van der Waals surface area (Å²) in [6, 6.07) is 16.7. The van der Waals surface area contributed by atoms with Gasteiger partial charge in [0.15, 0.2) is 11.6 Å². The van der Waals surface area contributed by atoms with Crippen molar-refractivity contribution in [1.82, 2.24) is 30.5 Å². The van der Waals surface area contributed by atoms with Crippen LogP contribution in [0.1, 0.15) is 83.5 Å². The first-order valence-corrected chi connectivity index (χ1v) is 23.9. The molecule has 3 N–H and O–H groups in total. The molecule has 1 aliphatic heterocycles. The Morgan fingerprint density at radius 2 is 1.43 bits per heavy atom. The van der Waals surface area contributed by atoms with Crippen LogP contribution in [0.3, 0.4) is 0 Å². The highest BCUT2D eigenvalue weighted by atomic mass is 31.2. The molecule has 2 amide bonds. The van der Waals surface area contributed by atoms with Crippen LogP contribution in [0.5, 0.6) is 0 Å². The van der Waals surface area contributed by atoms with E-state index in [0.29, 0.717) is 51.3 Å². The maximum atomic E-state index is 14.5. The fourth-order valence-corrected chi connectivity index (χ4v) is 8.61. The van der Waals surface area contributed by atoms with Gasteiger partial charge in [-0.25, -0.2) is 4.57 Å². The number of Topliss-reactive ketones (excluding diaryl/α,β-unsaturated/α-hetero) is 3. The van der Waals surface area contributed by atoms with Gasteiger partial charge in [0.25, 0.3) is 0 Å². The molecule has 4 rings (SSSR count). The summed E-state index contributed by atoms with van der Waals surface area (Å²) in [6.45, 7) is 10.2. The highest BCUT2D eigenvalue weighted by Crippen LogP contribution is 2.49. The first-order chi connectivity index (χ1) is 30.9. The number of morpholine rings is 1. The molecule has 1 aliphatic rings. The van der Waals surface area contributed by atoms with E-state index >= 15 is 0 Å². The van der Waals surface area contributed by atoms with E-state index < -0.39 is 61.5 Å². The Morgan fingerprint density at radius 3 is 2.02 bits per heavy atom. The van der Waals surface area contributed by atoms with Crippen LogP contribution in [-0.4, -0.2) is 118 Å². The lowest BCUT2D eigenvalue weighted by Gasteiger charge is -2.30. The van der Waals surface area contributed by atoms with Crippen LogP contribution in [0.4, 0.5) is 0 Å². The Bertz CT molecular complexity index is 2020. The number of benzene rings is 2. The first-order valence-electron chi connectivity index (χ1n) is 22.5. The molecule has 358 valence electrons. The minimum Gasteiger partial charge on any atom is -0.380 e. The van der Waals surface area contributed by atoms with E-state index in [4.69, 9.17) is 18.3 Å². The first kappa shape index (κ1) is 53.1. The molecule has 3 aromatic rings. The second-order valence-corrected chi connectivity index (χ2v) is 19.8. The van der Waals surface area contributed by atoms with Crippen molar-refractivity contribution in [2.75, 3.05) is 46.6 Å². The van der Waals surface area contributed by atoms with E-state index in [1.807, 2.05) is 93.3 Å². The lowest BCUT2D eigenvalue weighted by molar-refractivity contribution is -0.144. The number of hydrogen-bond donors (Lipinski definition) is 3. The number of nitrogens with one attached hydrogen (secondary N) is 2. The maximum absolute atomic E-state index is 14.5. The average Bonchev–Trinajstić information content (AvgIpc) is 3.70. The normalized spacial score (nSPS) is 17.1. The molecule has 17 nitrogen and oxygen atoms in total. The van der Waals surface area contributed by atoms with E-state index in [-0.39, 0.29) is 62.2 Å². The molecule has 2 aromatic carbocycles. The predicted molar refractivity (Wildman–Crippen MR) is 243 cm³/mol. The molecule has 1 unspecified atom stereocenters. The summed E-state index contributed by atoms with van der Waals surface area (Å²) in [5, 5.41) is 24.9. The number of phosphoric ester groups is 1. The van der Waals surface area contributed by atoms with Gasteiger partial charge in [-0.2, -0.15) is 0 Å². The molecule has 1 aromatic heterocycles. The van der Waals surface area contributed by atoms with Crippen molar-refractivity contribution in [3.63, 3.8) is 0 Å². The summed E-state index contributed by atoms with van der Waals surface area (Å²) >= 11 is 0.